The van der Waals surface area contributed by atoms with Gasteiger partial charge in [0.1, 0.15) is 0 Å². The van der Waals surface area contributed by atoms with E-state index in [0.717, 1.165) is 11.9 Å². The van der Waals surface area contributed by atoms with Gasteiger partial charge >= 0.3 is 7.12 Å². The highest BCUT2D eigenvalue weighted by atomic mass is 16.7. The quantitative estimate of drug-likeness (QED) is 0.693. The first-order valence-corrected chi connectivity index (χ1v) is 5.76. The normalized spacial score (nSPS) is 27.6. The summed E-state index contributed by atoms with van der Waals surface area (Å²) in [6.45, 7) is 8.18. The van der Waals surface area contributed by atoms with Gasteiger partial charge in [0.05, 0.1) is 17.0 Å². The molecule has 2 aliphatic rings. The molecule has 0 saturated carbocycles. The van der Waals surface area contributed by atoms with E-state index in [1.54, 1.807) is 6.08 Å². The summed E-state index contributed by atoms with van der Waals surface area (Å²) in [5, 5.41) is 9.31. The summed E-state index contributed by atoms with van der Waals surface area (Å²) in [7, 11) is -0.269. The predicted octanol–water partition coefficient (Wildman–Crippen LogP) is 2.78. The predicted molar refractivity (Wildman–Crippen MR) is 64.1 cm³/mol. The second-order valence-corrected chi connectivity index (χ2v) is 5.49. The van der Waals surface area contributed by atoms with Gasteiger partial charge < -0.3 is 14.4 Å². The molecule has 2 rings (SSSR count). The zero-order valence-electron chi connectivity index (χ0n) is 10.4. The standard InChI is InChI=1S/C12H19BO3/c1-11(2)12(3,4)16-13(15-11)9-5-7-10(14)8-6-9/h5,7,14H,6,8H2,1-4H3. The minimum Gasteiger partial charge on any atom is -0.512 e. The van der Waals surface area contributed by atoms with E-state index in [4.69, 9.17) is 9.31 Å². The second kappa shape index (κ2) is 3.64. The summed E-state index contributed by atoms with van der Waals surface area (Å²) in [5.74, 6) is 0.431. The van der Waals surface area contributed by atoms with Crippen molar-refractivity contribution >= 4 is 7.12 Å². The smallest absolute Gasteiger partial charge is 0.490 e. The van der Waals surface area contributed by atoms with Crippen LogP contribution in [0, 0.1) is 0 Å². The van der Waals surface area contributed by atoms with Gasteiger partial charge in [0, 0.05) is 6.42 Å². The molecule has 0 unspecified atom stereocenters. The van der Waals surface area contributed by atoms with Crippen LogP contribution in [0.5, 0.6) is 0 Å². The third kappa shape index (κ3) is 1.92. The van der Waals surface area contributed by atoms with Gasteiger partial charge in [-0.3, -0.25) is 0 Å². The van der Waals surface area contributed by atoms with Crippen molar-refractivity contribution in [2.24, 2.45) is 0 Å². The molecular weight excluding hydrogens is 203 g/mol. The molecule has 0 aromatic carbocycles. The third-order valence-electron chi connectivity index (χ3n) is 3.72. The molecule has 0 spiro atoms. The molecule has 1 heterocycles. The van der Waals surface area contributed by atoms with E-state index >= 15 is 0 Å². The van der Waals surface area contributed by atoms with Gasteiger partial charge in [0.2, 0.25) is 0 Å². The molecule has 1 saturated heterocycles. The fraction of sp³-hybridized carbons (Fsp3) is 0.667. The summed E-state index contributed by atoms with van der Waals surface area (Å²) < 4.78 is 11.9. The molecule has 0 radical (unpaired) electrons. The number of hydrogen-bond donors (Lipinski definition) is 1. The van der Waals surface area contributed by atoms with Crippen molar-refractivity contribution in [1.29, 1.82) is 0 Å². The van der Waals surface area contributed by atoms with E-state index < -0.39 is 0 Å². The molecule has 1 N–H and O–H groups in total. The summed E-state index contributed by atoms with van der Waals surface area (Å²) >= 11 is 0. The van der Waals surface area contributed by atoms with Gasteiger partial charge in [-0.2, -0.15) is 0 Å². The van der Waals surface area contributed by atoms with Gasteiger partial charge in [0.15, 0.2) is 0 Å². The molecule has 4 heteroatoms. The lowest BCUT2D eigenvalue weighted by Gasteiger charge is -2.32. The Kier molecular flexibility index (Phi) is 2.67. The first-order valence-electron chi connectivity index (χ1n) is 5.76. The molecule has 3 nitrogen and oxygen atoms in total. The highest BCUT2D eigenvalue weighted by Crippen LogP contribution is 2.39. The van der Waals surface area contributed by atoms with E-state index in [2.05, 4.69) is 0 Å². The van der Waals surface area contributed by atoms with Crippen molar-refractivity contribution in [3.63, 3.8) is 0 Å². The van der Waals surface area contributed by atoms with Gasteiger partial charge in [-0.25, -0.2) is 0 Å². The fourth-order valence-corrected chi connectivity index (χ4v) is 1.83. The lowest BCUT2D eigenvalue weighted by Crippen LogP contribution is -2.41. The largest absolute Gasteiger partial charge is 0.512 e. The Morgan fingerprint density at radius 2 is 1.62 bits per heavy atom. The van der Waals surface area contributed by atoms with Crippen molar-refractivity contribution in [2.75, 3.05) is 0 Å². The summed E-state index contributed by atoms with van der Waals surface area (Å²) in [4.78, 5) is 0. The average Bonchev–Trinajstić information content (AvgIpc) is 2.37. The van der Waals surface area contributed by atoms with E-state index in [1.165, 1.54) is 0 Å². The molecule has 88 valence electrons. The zero-order valence-corrected chi connectivity index (χ0v) is 10.4. The van der Waals surface area contributed by atoms with Crippen LogP contribution in [0.3, 0.4) is 0 Å². The molecular formula is C12H19BO3. The molecule has 0 amide bonds. The Labute approximate surface area is 97.3 Å². The van der Waals surface area contributed by atoms with Crippen LogP contribution in [-0.4, -0.2) is 23.4 Å². The first-order chi connectivity index (χ1) is 7.32. The Morgan fingerprint density at radius 3 is 2.06 bits per heavy atom. The number of allylic oxidation sites excluding steroid dienone is 4. The number of rotatable bonds is 1. The molecule has 1 fully saturated rings. The number of aliphatic hydroxyl groups excluding tert-OH is 1. The van der Waals surface area contributed by atoms with Crippen molar-refractivity contribution in [2.45, 2.75) is 51.7 Å². The van der Waals surface area contributed by atoms with Gasteiger partial charge in [0.25, 0.3) is 0 Å². The fourth-order valence-electron chi connectivity index (χ4n) is 1.83. The Morgan fingerprint density at radius 1 is 1.06 bits per heavy atom. The maximum atomic E-state index is 9.31. The topological polar surface area (TPSA) is 38.7 Å². The van der Waals surface area contributed by atoms with Crippen molar-refractivity contribution in [3.8, 4) is 0 Å². The van der Waals surface area contributed by atoms with Gasteiger partial charge in [-0.15, -0.1) is 0 Å². The minimum absolute atomic E-state index is 0.269. The lowest BCUT2D eigenvalue weighted by atomic mass is 9.74. The minimum atomic E-state index is -0.290. The highest BCUT2D eigenvalue weighted by molar-refractivity contribution is 6.54. The van der Waals surface area contributed by atoms with Gasteiger partial charge in [-0.05, 0) is 45.7 Å². The highest BCUT2D eigenvalue weighted by Gasteiger charge is 2.52. The second-order valence-electron chi connectivity index (χ2n) is 5.49. The van der Waals surface area contributed by atoms with Crippen LogP contribution in [0.2, 0.25) is 0 Å². The zero-order chi connectivity index (χ0) is 12.0. The molecule has 1 aliphatic carbocycles. The molecule has 1 aliphatic heterocycles. The van der Waals surface area contributed by atoms with Crippen LogP contribution < -0.4 is 0 Å². The number of hydrogen-bond acceptors (Lipinski definition) is 3. The monoisotopic (exact) mass is 222 g/mol. The van der Waals surface area contributed by atoms with E-state index in [9.17, 15) is 5.11 Å². The summed E-state index contributed by atoms with van der Waals surface area (Å²) in [5.41, 5.74) is 0.528. The van der Waals surface area contributed by atoms with E-state index in [1.807, 2.05) is 33.8 Å². The van der Waals surface area contributed by atoms with Crippen LogP contribution in [0.4, 0.5) is 0 Å². The molecule has 0 atom stereocenters. The molecule has 0 bridgehead atoms. The summed E-state index contributed by atoms with van der Waals surface area (Å²) in [6, 6.07) is 0. The maximum absolute atomic E-state index is 9.31. The average molecular weight is 222 g/mol. The Bertz CT molecular complexity index is 339. The third-order valence-corrected chi connectivity index (χ3v) is 3.72. The first kappa shape index (κ1) is 11.7. The van der Waals surface area contributed by atoms with E-state index in [-0.39, 0.29) is 18.3 Å². The van der Waals surface area contributed by atoms with E-state index in [0.29, 0.717) is 12.2 Å². The van der Waals surface area contributed by atoms with Crippen molar-refractivity contribution in [1.82, 2.24) is 0 Å². The SMILES string of the molecule is CC1(C)OB(C2=CC=C(O)CC2)OC1(C)C. The Balaban J connectivity index is 2.15. The Hall–Kier alpha value is -0.735. The molecule has 0 aromatic heterocycles. The van der Waals surface area contributed by atoms with Crippen LogP contribution in [0.1, 0.15) is 40.5 Å². The maximum Gasteiger partial charge on any atom is 0.490 e. The lowest BCUT2D eigenvalue weighted by molar-refractivity contribution is 0.00578. The summed E-state index contributed by atoms with van der Waals surface area (Å²) in [6.07, 6.45) is 5.11. The van der Waals surface area contributed by atoms with Crippen LogP contribution in [0.25, 0.3) is 0 Å². The van der Waals surface area contributed by atoms with Crippen LogP contribution in [-0.2, 0) is 9.31 Å². The van der Waals surface area contributed by atoms with Gasteiger partial charge in [-0.1, -0.05) is 6.08 Å². The van der Waals surface area contributed by atoms with Crippen molar-refractivity contribution in [3.05, 3.63) is 23.4 Å². The van der Waals surface area contributed by atoms with Crippen LogP contribution >= 0.6 is 0 Å². The molecule has 16 heavy (non-hydrogen) atoms. The van der Waals surface area contributed by atoms with Crippen LogP contribution in [0.15, 0.2) is 23.4 Å². The molecule has 0 aromatic rings. The van der Waals surface area contributed by atoms with Crippen molar-refractivity contribution < 1.29 is 14.4 Å². The number of aliphatic hydroxyl groups is 1.